The number of halogens is 3. The first-order valence-corrected chi connectivity index (χ1v) is 9.57. The van der Waals surface area contributed by atoms with Crippen LogP contribution >= 0.6 is 34.8 Å². The zero-order chi connectivity index (χ0) is 18.0. The Morgan fingerprint density at radius 3 is 2.28 bits per heavy atom. The first kappa shape index (κ1) is 18.0. The molecule has 10 heteroatoms. The first-order valence-electron chi connectivity index (χ1n) is 6.96. The van der Waals surface area contributed by atoms with Gasteiger partial charge in [0.05, 0.1) is 11.4 Å². The Morgan fingerprint density at radius 2 is 1.64 bits per heavy atom. The minimum Gasteiger partial charge on any atom is -0.246 e. The van der Waals surface area contributed by atoms with E-state index in [1.54, 1.807) is 18.2 Å². The highest BCUT2D eigenvalue weighted by atomic mass is 35.5. The molecule has 0 atom stereocenters. The number of nitrogens with zero attached hydrogens (tertiary/aromatic N) is 3. The molecular weight excluding hydrogens is 407 g/mol. The smallest absolute Gasteiger partial charge is 0.246 e. The van der Waals surface area contributed by atoms with Crippen LogP contribution in [-0.4, -0.2) is 23.2 Å². The molecule has 0 aliphatic carbocycles. The van der Waals surface area contributed by atoms with E-state index in [1.807, 2.05) is 0 Å². The maximum absolute atomic E-state index is 12.3. The van der Waals surface area contributed by atoms with Crippen LogP contribution in [0.2, 0.25) is 15.1 Å². The molecule has 25 heavy (non-hydrogen) atoms. The third-order valence-electron chi connectivity index (χ3n) is 3.27. The quantitative estimate of drug-likeness (QED) is 0.678. The molecule has 2 aromatic carbocycles. The van der Waals surface area contributed by atoms with E-state index in [0.29, 0.717) is 20.6 Å². The lowest BCUT2D eigenvalue weighted by Gasteiger charge is -2.06. The molecule has 3 rings (SSSR count). The van der Waals surface area contributed by atoms with Gasteiger partial charge in [-0.25, -0.2) is 17.8 Å². The molecule has 0 saturated heterocycles. The molecule has 0 aliphatic rings. The molecule has 0 fully saturated rings. The van der Waals surface area contributed by atoms with E-state index >= 15 is 0 Å². The van der Waals surface area contributed by atoms with Crippen molar-refractivity contribution in [2.24, 2.45) is 0 Å². The molecule has 0 amide bonds. The molecule has 3 aromatic rings. The number of benzene rings is 2. The molecule has 0 bridgehead atoms. The Hall–Kier alpha value is -1.80. The van der Waals surface area contributed by atoms with Crippen molar-refractivity contribution in [2.45, 2.75) is 11.4 Å². The number of anilines is 1. The summed E-state index contributed by atoms with van der Waals surface area (Å²) < 4.78 is 28.4. The van der Waals surface area contributed by atoms with Crippen LogP contribution in [0.15, 0.2) is 53.7 Å². The SMILES string of the molecule is O=S(=O)(Nc1ncn(Cc2c(Cl)cccc2Cl)n1)c1ccc(Cl)cc1. The van der Waals surface area contributed by atoms with Crippen molar-refractivity contribution >= 4 is 50.8 Å². The minimum atomic E-state index is -3.81. The maximum Gasteiger partial charge on any atom is 0.264 e. The van der Waals surface area contributed by atoms with Crippen LogP contribution < -0.4 is 4.72 Å². The van der Waals surface area contributed by atoms with E-state index in [9.17, 15) is 8.42 Å². The molecule has 0 unspecified atom stereocenters. The van der Waals surface area contributed by atoms with Crippen LogP contribution in [0.3, 0.4) is 0 Å². The summed E-state index contributed by atoms with van der Waals surface area (Å²) in [5, 5.41) is 5.51. The van der Waals surface area contributed by atoms with Gasteiger partial charge in [0.1, 0.15) is 6.33 Å². The van der Waals surface area contributed by atoms with Crippen molar-refractivity contribution in [2.75, 3.05) is 4.72 Å². The monoisotopic (exact) mass is 416 g/mol. The van der Waals surface area contributed by atoms with Gasteiger partial charge in [-0.1, -0.05) is 40.9 Å². The highest BCUT2D eigenvalue weighted by Crippen LogP contribution is 2.25. The van der Waals surface area contributed by atoms with Gasteiger partial charge in [0.25, 0.3) is 16.0 Å². The van der Waals surface area contributed by atoms with Gasteiger partial charge in [-0.3, -0.25) is 0 Å². The van der Waals surface area contributed by atoms with E-state index in [4.69, 9.17) is 34.8 Å². The molecule has 0 aliphatic heterocycles. The van der Waals surface area contributed by atoms with Gasteiger partial charge >= 0.3 is 0 Å². The Morgan fingerprint density at radius 1 is 1.00 bits per heavy atom. The zero-order valence-corrected chi connectivity index (χ0v) is 15.6. The van der Waals surface area contributed by atoms with Gasteiger partial charge < -0.3 is 0 Å². The highest BCUT2D eigenvalue weighted by Gasteiger charge is 2.17. The minimum absolute atomic E-state index is 0.0573. The standard InChI is InChI=1S/C15H11Cl3N4O2S/c16-10-4-6-11(7-5-10)25(23,24)21-15-19-9-22(20-15)8-12-13(17)2-1-3-14(12)18/h1-7,9H,8H2,(H,20,21). The average molecular weight is 418 g/mol. The van der Waals surface area contributed by atoms with Gasteiger partial charge in [-0.05, 0) is 36.4 Å². The Balaban J connectivity index is 1.79. The number of nitrogens with one attached hydrogen (secondary N) is 1. The van der Waals surface area contributed by atoms with E-state index in [0.717, 1.165) is 0 Å². The summed E-state index contributed by atoms with van der Waals surface area (Å²) >= 11 is 18.0. The molecule has 0 saturated carbocycles. The highest BCUT2D eigenvalue weighted by molar-refractivity contribution is 7.92. The number of hydrogen-bond donors (Lipinski definition) is 1. The summed E-state index contributed by atoms with van der Waals surface area (Å²) in [6.07, 6.45) is 1.39. The van der Waals surface area contributed by atoms with Crippen LogP contribution in [0.5, 0.6) is 0 Å². The summed E-state index contributed by atoms with van der Waals surface area (Å²) in [4.78, 5) is 4.01. The molecule has 1 N–H and O–H groups in total. The number of rotatable bonds is 5. The molecule has 6 nitrogen and oxygen atoms in total. The number of aromatic nitrogens is 3. The second-order valence-electron chi connectivity index (χ2n) is 5.03. The molecule has 1 aromatic heterocycles. The predicted octanol–water partition coefficient (Wildman–Crippen LogP) is 4.09. The van der Waals surface area contributed by atoms with E-state index in [-0.39, 0.29) is 17.4 Å². The second-order valence-corrected chi connectivity index (χ2v) is 7.96. The van der Waals surface area contributed by atoms with Crippen molar-refractivity contribution in [3.63, 3.8) is 0 Å². The lowest BCUT2D eigenvalue weighted by molar-refractivity contribution is 0.600. The van der Waals surface area contributed by atoms with Crippen LogP contribution in [-0.2, 0) is 16.6 Å². The van der Waals surface area contributed by atoms with Crippen LogP contribution in [0.4, 0.5) is 5.95 Å². The van der Waals surface area contributed by atoms with Crippen LogP contribution in [0.1, 0.15) is 5.56 Å². The second kappa shape index (κ2) is 7.21. The van der Waals surface area contributed by atoms with Crippen molar-refractivity contribution in [1.29, 1.82) is 0 Å². The number of sulfonamides is 1. The maximum atomic E-state index is 12.3. The molecule has 130 valence electrons. The third-order valence-corrected chi connectivity index (χ3v) is 5.57. The molecule has 0 spiro atoms. The van der Waals surface area contributed by atoms with Gasteiger partial charge in [0, 0.05) is 20.6 Å². The fourth-order valence-corrected chi connectivity index (χ4v) is 3.64. The van der Waals surface area contributed by atoms with Gasteiger partial charge in [0.15, 0.2) is 0 Å². The van der Waals surface area contributed by atoms with E-state index < -0.39 is 10.0 Å². The largest absolute Gasteiger partial charge is 0.264 e. The number of hydrogen-bond acceptors (Lipinski definition) is 4. The van der Waals surface area contributed by atoms with Gasteiger partial charge in [0.2, 0.25) is 0 Å². The molecule has 1 heterocycles. The summed E-state index contributed by atoms with van der Waals surface area (Å²) in [5.41, 5.74) is 0.669. The summed E-state index contributed by atoms with van der Waals surface area (Å²) in [6.45, 7) is 0.258. The van der Waals surface area contributed by atoms with Gasteiger partial charge in [-0.15, -0.1) is 5.10 Å². The van der Waals surface area contributed by atoms with E-state index in [2.05, 4.69) is 14.8 Å². The van der Waals surface area contributed by atoms with Crippen molar-refractivity contribution in [1.82, 2.24) is 14.8 Å². The Bertz CT molecular complexity index is 984. The zero-order valence-electron chi connectivity index (χ0n) is 12.5. The molecular formula is C15H11Cl3N4O2S. The summed E-state index contributed by atoms with van der Waals surface area (Å²) in [7, 11) is -3.81. The van der Waals surface area contributed by atoms with Gasteiger partial charge in [-0.2, -0.15) is 4.98 Å². The van der Waals surface area contributed by atoms with Crippen LogP contribution in [0.25, 0.3) is 0 Å². The normalized spacial score (nSPS) is 11.5. The van der Waals surface area contributed by atoms with Crippen LogP contribution in [0, 0.1) is 0 Å². The van der Waals surface area contributed by atoms with Crippen molar-refractivity contribution < 1.29 is 8.42 Å². The summed E-state index contributed by atoms with van der Waals surface area (Å²) in [6, 6.07) is 10.9. The van der Waals surface area contributed by atoms with Crippen molar-refractivity contribution in [3.8, 4) is 0 Å². The summed E-state index contributed by atoms with van der Waals surface area (Å²) in [5.74, 6) is -0.0573. The lowest BCUT2D eigenvalue weighted by atomic mass is 10.2. The topological polar surface area (TPSA) is 76.9 Å². The average Bonchev–Trinajstić information content (AvgIpc) is 2.98. The fourth-order valence-electron chi connectivity index (χ4n) is 2.06. The third kappa shape index (κ3) is 4.24. The molecule has 0 radical (unpaired) electrons. The fraction of sp³-hybridized carbons (Fsp3) is 0.0667. The predicted molar refractivity (Wildman–Crippen MR) is 97.8 cm³/mol. The first-order chi connectivity index (χ1) is 11.8. The van der Waals surface area contributed by atoms with E-state index in [1.165, 1.54) is 35.3 Å². The Labute approximate surface area is 159 Å². The Kier molecular flexibility index (Phi) is 5.19. The van der Waals surface area contributed by atoms with Crippen molar-refractivity contribution in [3.05, 3.63) is 69.4 Å². The lowest BCUT2D eigenvalue weighted by Crippen LogP contribution is -2.14.